The Labute approximate surface area is 126 Å². The van der Waals surface area contributed by atoms with Crippen molar-refractivity contribution in [2.45, 2.75) is 34.1 Å². The summed E-state index contributed by atoms with van der Waals surface area (Å²) in [5, 5.41) is 0. The molecule has 0 saturated carbocycles. The molecule has 4 nitrogen and oxygen atoms in total. The second-order valence-electron chi connectivity index (χ2n) is 4.40. The van der Waals surface area contributed by atoms with E-state index in [9.17, 15) is 9.59 Å². The van der Waals surface area contributed by atoms with E-state index in [1.54, 1.807) is 25.6 Å². The topological polar surface area (TPSA) is 52.6 Å². The van der Waals surface area contributed by atoms with E-state index in [0.717, 1.165) is 17.7 Å². The first-order chi connectivity index (χ1) is 9.53. The number of hydrogen-bond acceptors (Lipinski definition) is 5. The zero-order valence-corrected chi connectivity index (χ0v) is 13.9. The van der Waals surface area contributed by atoms with Gasteiger partial charge in [-0.3, -0.25) is 9.59 Å². The molecule has 1 atom stereocenters. The highest BCUT2D eigenvalue weighted by molar-refractivity contribution is 7.98. The van der Waals surface area contributed by atoms with Crippen LogP contribution in [0, 0.1) is 11.8 Å². The zero-order valence-electron chi connectivity index (χ0n) is 13.1. The molecule has 20 heavy (non-hydrogen) atoms. The van der Waals surface area contributed by atoms with Crippen molar-refractivity contribution in [1.29, 1.82) is 0 Å². The van der Waals surface area contributed by atoms with Gasteiger partial charge in [0.05, 0.1) is 13.2 Å². The molecule has 0 aromatic heterocycles. The lowest BCUT2D eigenvalue weighted by atomic mass is 9.84. The Balaban J connectivity index is 5.27. The number of carbonyl (C=O) groups is 2. The SMILES string of the molecule is C/C=C(/C)C(CCSC)C(C(=O)OCC)C(=O)OCC. The molecule has 5 heteroatoms. The molecule has 0 amide bonds. The first-order valence-corrected chi connectivity index (χ1v) is 8.37. The van der Waals surface area contributed by atoms with Crippen LogP contribution in [-0.4, -0.2) is 37.2 Å². The van der Waals surface area contributed by atoms with E-state index in [-0.39, 0.29) is 19.1 Å². The van der Waals surface area contributed by atoms with Crippen molar-refractivity contribution in [3.8, 4) is 0 Å². The molecular formula is C15H26O4S. The van der Waals surface area contributed by atoms with Gasteiger partial charge in [-0.05, 0) is 46.1 Å². The summed E-state index contributed by atoms with van der Waals surface area (Å²) in [7, 11) is 0. The first-order valence-electron chi connectivity index (χ1n) is 6.98. The summed E-state index contributed by atoms with van der Waals surface area (Å²) in [6.45, 7) is 7.85. The van der Waals surface area contributed by atoms with Crippen LogP contribution < -0.4 is 0 Å². The fourth-order valence-electron chi connectivity index (χ4n) is 2.00. The van der Waals surface area contributed by atoms with Gasteiger partial charge in [0.15, 0.2) is 5.92 Å². The highest BCUT2D eigenvalue weighted by Gasteiger charge is 2.37. The fourth-order valence-corrected chi connectivity index (χ4v) is 2.49. The second-order valence-corrected chi connectivity index (χ2v) is 5.39. The molecule has 0 aliphatic rings. The summed E-state index contributed by atoms with van der Waals surface area (Å²) in [6.07, 6.45) is 4.70. The van der Waals surface area contributed by atoms with E-state index >= 15 is 0 Å². The molecule has 0 radical (unpaired) electrons. The van der Waals surface area contributed by atoms with Gasteiger partial charge in [0.2, 0.25) is 0 Å². The first kappa shape index (κ1) is 19.0. The van der Waals surface area contributed by atoms with Crippen molar-refractivity contribution in [3.63, 3.8) is 0 Å². The number of hydrogen-bond donors (Lipinski definition) is 0. The Kier molecular flexibility index (Phi) is 10.3. The Hall–Kier alpha value is -0.970. The van der Waals surface area contributed by atoms with Crippen LogP contribution in [0.1, 0.15) is 34.1 Å². The highest BCUT2D eigenvalue weighted by Crippen LogP contribution is 2.28. The van der Waals surface area contributed by atoms with Gasteiger partial charge in [0.25, 0.3) is 0 Å². The molecule has 0 N–H and O–H groups in total. The Bertz CT molecular complexity index is 321. The minimum absolute atomic E-state index is 0.162. The maximum absolute atomic E-state index is 12.1. The monoisotopic (exact) mass is 302 g/mol. The average molecular weight is 302 g/mol. The molecule has 0 aromatic carbocycles. The lowest BCUT2D eigenvalue weighted by Crippen LogP contribution is -2.35. The molecule has 0 heterocycles. The van der Waals surface area contributed by atoms with Crippen LogP contribution >= 0.6 is 11.8 Å². The molecule has 116 valence electrons. The molecule has 0 aromatic rings. The van der Waals surface area contributed by atoms with E-state index in [2.05, 4.69) is 0 Å². The van der Waals surface area contributed by atoms with Gasteiger partial charge < -0.3 is 9.47 Å². The smallest absolute Gasteiger partial charge is 0.320 e. The number of esters is 2. The minimum atomic E-state index is -0.863. The summed E-state index contributed by atoms with van der Waals surface area (Å²) in [5.74, 6) is -1.12. The largest absolute Gasteiger partial charge is 0.465 e. The highest BCUT2D eigenvalue weighted by atomic mass is 32.2. The summed E-state index contributed by atoms with van der Waals surface area (Å²) in [5.41, 5.74) is 1.02. The zero-order chi connectivity index (χ0) is 15.5. The fraction of sp³-hybridized carbons (Fsp3) is 0.733. The van der Waals surface area contributed by atoms with Gasteiger partial charge in [-0.2, -0.15) is 11.8 Å². The van der Waals surface area contributed by atoms with E-state index in [0.29, 0.717) is 0 Å². The molecule has 0 bridgehead atoms. The van der Waals surface area contributed by atoms with Crippen LogP contribution in [0.2, 0.25) is 0 Å². The summed E-state index contributed by atoms with van der Waals surface area (Å²) in [6, 6.07) is 0. The third-order valence-electron chi connectivity index (χ3n) is 3.16. The van der Waals surface area contributed by atoms with E-state index in [1.165, 1.54) is 0 Å². The van der Waals surface area contributed by atoms with Gasteiger partial charge in [0.1, 0.15) is 0 Å². The molecule has 0 fully saturated rings. The molecule has 0 spiro atoms. The molecular weight excluding hydrogens is 276 g/mol. The molecule has 0 saturated heterocycles. The maximum atomic E-state index is 12.1. The van der Waals surface area contributed by atoms with Crippen LogP contribution in [0.25, 0.3) is 0 Å². The van der Waals surface area contributed by atoms with Crippen molar-refractivity contribution in [3.05, 3.63) is 11.6 Å². The normalized spacial score (nSPS) is 13.2. The standard InChI is InChI=1S/C15H26O4S/c1-6-11(4)12(9-10-20-5)13(14(16)18-7-2)15(17)19-8-3/h6,12-13H,7-10H2,1-5H3/b11-6-. The Morgan fingerprint density at radius 3 is 2.00 bits per heavy atom. The lowest BCUT2D eigenvalue weighted by molar-refractivity contribution is -0.163. The third-order valence-corrected chi connectivity index (χ3v) is 3.80. The van der Waals surface area contributed by atoms with Crippen LogP contribution in [-0.2, 0) is 19.1 Å². The molecule has 0 aliphatic heterocycles. The van der Waals surface area contributed by atoms with E-state index in [1.807, 2.05) is 26.2 Å². The van der Waals surface area contributed by atoms with Gasteiger partial charge >= 0.3 is 11.9 Å². The molecule has 0 rings (SSSR count). The predicted octanol–water partition coefficient (Wildman–Crippen LogP) is 3.06. The van der Waals surface area contributed by atoms with Crippen molar-refractivity contribution in [2.75, 3.05) is 25.2 Å². The Morgan fingerprint density at radius 1 is 1.15 bits per heavy atom. The number of thioether (sulfide) groups is 1. The molecule has 0 aliphatic carbocycles. The van der Waals surface area contributed by atoms with Crippen LogP contribution in [0.15, 0.2) is 11.6 Å². The van der Waals surface area contributed by atoms with Gasteiger partial charge in [-0.1, -0.05) is 11.6 Å². The van der Waals surface area contributed by atoms with Gasteiger partial charge in [-0.25, -0.2) is 0 Å². The van der Waals surface area contributed by atoms with Gasteiger partial charge in [0, 0.05) is 5.92 Å². The Morgan fingerprint density at radius 2 is 1.65 bits per heavy atom. The molecule has 1 unspecified atom stereocenters. The van der Waals surface area contributed by atoms with Crippen LogP contribution in [0.4, 0.5) is 0 Å². The van der Waals surface area contributed by atoms with E-state index in [4.69, 9.17) is 9.47 Å². The van der Waals surface area contributed by atoms with Crippen LogP contribution in [0.5, 0.6) is 0 Å². The van der Waals surface area contributed by atoms with Crippen molar-refractivity contribution >= 4 is 23.7 Å². The second kappa shape index (κ2) is 10.8. The lowest BCUT2D eigenvalue weighted by Gasteiger charge is -2.24. The minimum Gasteiger partial charge on any atom is -0.465 e. The number of carbonyl (C=O) groups excluding carboxylic acids is 2. The quantitative estimate of drug-likeness (QED) is 0.372. The predicted molar refractivity (Wildman–Crippen MR) is 82.7 cm³/mol. The third kappa shape index (κ3) is 5.99. The van der Waals surface area contributed by atoms with E-state index < -0.39 is 17.9 Å². The van der Waals surface area contributed by atoms with Crippen molar-refractivity contribution < 1.29 is 19.1 Å². The number of rotatable bonds is 9. The summed E-state index contributed by atoms with van der Waals surface area (Å²) >= 11 is 1.69. The maximum Gasteiger partial charge on any atom is 0.320 e. The van der Waals surface area contributed by atoms with Gasteiger partial charge in [-0.15, -0.1) is 0 Å². The summed E-state index contributed by atoms with van der Waals surface area (Å²) in [4.78, 5) is 24.3. The number of allylic oxidation sites excluding steroid dienone is 2. The average Bonchev–Trinajstić information content (AvgIpc) is 2.42. The summed E-state index contributed by atoms with van der Waals surface area (Å²) < 4.78 is 10.1. The van der Waals surface area contributed by atoms with Crippen molar-refractivity contribution in [2.24, 2.45) is 11.8 Å². The van der Waals surface area contributed by atoms with Crippen molar-refractivity contribution in [1.82, 2.24) is 0 Å². The number of ether oxygens (including phenoxy) is 2. The van der Waals surface area contributed by atoms with Crippen LogP contribution in [0.3, 0.4) is 0 Å².